The molecule has 44 heavy (non-hydrogen) atoms. The number of ether oxygens (including phenoxy) is 4. The summed E-state index contributed by atoms with van der Waals surface area (Å²) in [4.78, 5) is 12.9. The molecule has 224 valence electrons. The van der Waals surface area contributed by atoms with Crippen molar-refractivity contribution in [1.29, 1.82) is 5.26 Å². The molecule has 0 bridgehead atoms. The van der Waals surface area contributed by atoms with Gasteiger partial charge in [0.25, 0.3) is 0 Å². The lowest BCUT2D eigenvalue weighted by Gasteiger charge is -2.27. The zero-order valence-corrected chi connectivity index (χ0v) is 26.1. The van der Waals surface area contributed by atoms with Gasteiger partial charge in [-0.25, -0.2) is 4.79 Å². The highest BCUT2D eigenvalue weighted by Crippen LogP contribution is 2.45. The van der Waals surface area contributed by atoms with Crippen molar-refractivity contribution >= 4 is 29.2 Å². The molecule has 2 N–H and O–H groups in total. The molecule has 1 aliphatic rings. The van der Waals surface area contributed by atoms with E-state index in [0.717, 1.165) is 16.7 Å². The van der Waals surface area contributed by atoms with Gasteiger partial charge in [0.05, 0.1) is 18.6 Å². The van der Waals surface area contributed by atoms with E-state index < -0.39 is 11.9 Å². The van der Waals surface area contributed by atoms with Crippen molar-refractivity contribution in [3.63, 3.8) is 0 Å². The molecule has 1 heterocycles. The molecule has 7 nitrogen and oxygen atoms in total. The van der Waals surface area contributed by atoms with Gasteiger partial charge in [-0.3, -0.25) is 0 Å². The van der Waals surface area contributed by atoms with Crippen molar-refractivity contribution in [3.8, 4) is 29.1 Å². The lowest BCUT2D eigenvalue weighted by molar-refractivity contribution is 0.0734. The molecule has 0 saturated carbocycles. The van der Waals surface area contributed by atoms with Crippen molar-refractivity contribution in [2.45, 2.75) is 38.7 Å². The summed E-state index contributed by atoms with van der Waals surface area (Å²) in [7, 11) is 1.53. The molecule has 0 aliphatic carbocycles. The van der Waals surface area contributed by atoms with Crippen LogP contribution < -0.4 is 24.7 Å². The Balaban J connectivity index is 1.40. The smallest absolute Gasteiger partial charge is 0.343 e. The fraction of sp³-hybridized carbons (Fsp3) is 0.200. The second-order valence-corrected chi connectivity index (χ2v) is 12.1. The molecule has 4 aromatic rings. The minimum absolute atomic E-state index is 0.0341. The number of esters is 1. The Hall–Kier alpha value is -4.64. The molecule has 0 spiro atoms. The van der Waals surface area contributed by atoms with Gasteiger partial charge in [0.1, 0.15) is 29.7 Å². The van der Waals surface area contributed by atoms with E-state index in [-0.39, 0.29) is 29.2 Å². The van der Waals surface area contributed by atoms with Crippen LogP contribution >= 0.6 is 23.2 Å². The van der Waals surface area contributed by atoms with Crippen molar-refractivity contribution in [3.05, 3.63) is 128 Å². The standard InChI is InChI=1S/C35H30Cl2N2O5/c1-35(2,3)23-9-5-20(6-10-23)34(40)43-25-12-13-26-30(17-25)44-33(39)27(18-38)32(26)21-8-14-29(31(15-21)41-4)42-19-22-7-11-24(36)16-28(22)37/h5-17,32H,19,39H2,1-4H3. The molecule has 1 atom stereocenters. The van der Waals surface area contributed by atoms with E-state index in [4.69, 9.17) is 47.9 Å². The van der Waals surface area contributed by atoms with Crippen molar-refractivity contribution in [2.24, 2.45) is 5.73 Å². The minimum atomic E-state index is -0.563. The first-order chi connectivity index (χ1) is 21.0. The third kappa shape index (κ3) is 6.47. The van der Waals surface area contributed by atoms with Crippen LogP contribution in [-0.2, 0) is 12.0 Å². The van der Waals surface area contributed by atoms with Crippen molar-refractivity contribution in [2.75, 3.05) is 7.11 Å². The molecular weight excluding hydrogens is 599 g/mol. The van der Waals surface area contributed by atoms with Gasteiger partial charge in [0.2, 0.25) is 5.88 Å². The number of halogens is 2. The average Bonchev–Trinajstić information content (AvgIpc) is 2.99. The Morgan fingerprint density at radius 3 is 2.39 bits per heavy atom. The average molecular weight is 630 g/mol. The Kier molecular flexibility index (Phi) is 8.78. The minimum Gasteiger partial charge on any atom is -0.493 e. The Labute approximate surface area is 266 Å². The van der Waals surface area contributed by atoms with Gasteiger partial charge < -0.3 is 24.7 Å². The van der Waals surface area contributed by atoms with Gasteiger partial charge in [0.15, 0.2) is 11.5 Å². The lowest BCUT2D eigenvalue weighted by Crippen LogP contribution is -2.21. The number of hydrogen-bond donors (Lipinski definition) is 1. The predicted molar refractivity (Wildman–Crippen MR) is 170 cm³/mol. The first kappa shape index (κ1) is 30.8. The highest BCUT2D eigenvalue weighted by atomic mass is 35.5. The van der Waals surface area contributed by atoms with E-state index in [1.165, 1.54) is 7.11 Å². The maximum Gasteiger partial charge on any atom is 0.343 e. The number of carbonyl (C=O) groups is 1. The topological polar surface area (TPSA) is 104 Å². The third-order valence-corrected chi connectivity index (χ3v) is 7.89. The van der Waals surface area contributed by atoms with Crippen LogP contribution in [0.1, 0.15) is 59.3 Å². The number of methoxy groups -OCH3 is 1. The number of allylic oxidation sites excluding steroid dienone is 1. The zero-order valence-electron chi connectivity index (χ0n) is 24.6. The molecule has 0 amide bonds. The third-order valence-electron chi connectivity index (χ3n) is 7.31. The number of nitriles is 1. The van der Waals surface area contributed by atoms with E-state index in [0.29, 0.717) is 38.4 Å². The van der Waals surface area contributed by atoms with Crippen molar-refractivity contribution < 1.29 is 23.7 Å². The summed E-state index contributed by atoms with van der Waals surface area (Å²) in [6, 6.07) is 25.1. The molecule has 9 heteroatoms. The maximum absolute atomic E-state index is 12.9. The van der Waals surface area contributed by atoms with Crippen LogP contribution in [0.15, 0.2) is 90.3 Å². The molecule has 5 rings (SSSR count). The van der Waals surface area contributed by atoms with Gasteiger partial charge in [-0.15, -0.1) is 0 Å². The van der Waals surface area contributed by atoms with E-state index in [9.17, 15) is 10.1 Å². The first-order valence-electron chi connectivity index (χ1n) is 13.8. The van der Waals surface area contributed by atoms with Crippen LogP contribution in [0.3, 0.4) is 0 Å². The fourth-order valence-electron chi connectivity index (χ4n) is 4.89. The van der Waals surface area contributed by atoms with E-state index in [1.54, 1.807) is 60.7 Å². The van der Waals surface area contributed by atoms with Gasteiger partial charge in [0, 0.05) is 27.2 Å². The van der Waals surface area contributed by atoms with Crippen LogP contribution in [-0.4, -0.2) is 13.1 Å². The maximum atomic E-state index is 12.9. The lowest BCUT2D eigenvalue weighted by atomic mass is 9.83. The highest BCUT2D eigenvalue weighted by molar-refractivity contribution is 6.35. The molecule has 1 aliphatic heterocycles. The van der Waals surface area contributed by atoms with Crippen LogP contribution in [0, 0.1) is 11.3 Å². The predicted octanol–water partition coefficient (Wildman–Crippen LogP) is 8.32. The van der Waals surface area contributed by atoms with Gasteiger partial charge in [-0.1, -0.05) is 74.3 Å². The second-order valence-electron chi connectivity index (χ2n) is 11.3. The number of hydrogen-bond acceptors (Lipinski definition) is 7. The van der Waals surface area contributed by atoms with E-state index >= 15 is 0 Å². The SMILES string of the molecule is COc1cc(C2C(C#N)=C(N)Oc3cc(OC(=O)c4ccc(C(C)(C)C)cc4)ccc32)ccc1OCc1ccc(Cl)cc1Cl. The number of fused-ring (bicyclic) bond motifs is 1. The number of nitrogens with two attached hydrogens (primary N) is 1. The van der Waals surface area contributed by atoms with Crippen LogP contribution in [0.5, 0.6) is 23.0 Å². The Morgan fingerprint density at radius 2 is 1.73 bits per heavy atom. The molecule has 0 radical (unpaired) electrons. The first-order valence-corrected chi connectivity index (χ1v) is 14.5. The summed E-state index contributed by atoms with van der Waals surface area (Å²) in [5.74, 6) is 0.496. The molecule has 1 unspecified atom stereocenters. The monoisotopic (exact) mass is 628 g/mol. The number of nitrogens with zero attached hydrogens (tertiary/aromatic N) is 1. The van der Waals surface area contributed by atoms with Crippen LogP contribution in [0.4, 0.5) is 0 Å². The van der Waals surface area contributed by atoms with Gasteiger partial charge in [-0.05, 0) is 59.0 Å². The highest BCUT2D eigenvalue weighted by Gasteiger charge is 2.32. The summed E-state index contributed by atoms with van der Waals surface area (Å²) in [6.07, 6.45) is 0. The summed E-state index contributed by atoms with van der Waals surface area (Å²) < 4.78 is 23.1. The van der Waals surface area contributed by atoms with E-state index in [1.807, 2.05) is 18.2 Å². The van der Waals surface area contributed by atoms with Gasteiger partial charge in [-0.2, -0.15) is 5.26 Å². The quantitative estimate of drug-likeness (QED) is 0.162. The van der Waals surface area contributed by atoms with Gasteiger partial charge >= 0.3 is 5.97 Å². The summed E-state index contributed by atoms with van der Waals surface area (Å²) in [5, 5.41) is 11.0. The van der Waals surface area contributed by atoms with Crippen LogP contribution in [0.2, 0.25) is 10.0 Å². The van der Waals surface area contributed by atoms with E-state index in [2.05, 4.69) is 26.8 Å². The Bertz CT molecular complexity index is 1800. The number of rotatable bonds is 7. The van der Waals surface area contributed by atoms with Crippen LogP contribution in [0.25, 0.3) is 0 Å². The molecule has 4 aromatic carbocycles. The number of carbonyl (C=O) groups excluding carboxylic acids is 1. The molecular formula is C35H30Cl2N2O5. The summed E-state index contributed by atoms with van der Waals surface area (Å²) in [6.45, 7) is 6.52. The molecule has 0 saturated heterocycles. The Morgan fingerprint density at radius 1 is 0.977 bits per heavy atom. The summed E-state index contributed by atoms with van der Waals surface area (Å²) in [5.41, 5.74) is 10.1. The zero-order chi connectivity index (χ0) is 31.6. The normalized spacial score (nSPS) is 14.2. The second kappa shape index (κ2) is 12.5. The van der Waals surface area contributed by atoms with Crippen molar-refractivity contribution in [1.82, 2.24) is 0 Å². The molecule has 0 aromatic heterocycles. The molecule has 0 fully saturated rings. The largest absolute Gasteiger partial charge is 0.493 e. The fourth-order valence-corrected chi connectivity index (χ4v) is 5.35. The number of benzene rings is 4. The summed E-state index contributed by atoms with van der Waals surface area (Å²) >= 11 is 12.3.